The minimum Gasteiger partial charge on any atom is -0.339 e. The number of carbonyl (C=O) groups is 1. The van der Waals surface area contributed by atoms with Gasteiger partial charge in [-0.1, -0.05) is 0 Å². The smallest absolute Gasteiger partial charge is 0.239 e. The van der Waals surface area contributed by atoms with E-state index >= 15 is 0 Å². The summed E-state index contributed by atoms with van der Waals surface area (Å²) in [5.41, 5.74) is 1.09. The third-order valence-corrected chi connectivity index (χ3v) is 3.96. The number of hydrogen-bond acceptors (Lipinski definition) is 3. The summed E-state index contributed by atoms with van der Waals surface area (Å²) in [6, 6.07) is 0.234. The Balaban J connectivity index is 1.87. The summed E-state index contributed by atoms with van der Waals surface area (Å²) in [6.07, 6.45) is 7.09. The fourth-order valence-electron chi connectivity index (χ4n) is 2.57. The first-order chi connectivity index (χ1) is 9.09. The fourth-order valence-corrected chi connectivity index (χ4v) is 2.57. The molecule has 1 aromatic rings. The molecule has 5 nitrogen and oxygen atoms in total. The van der Waals surface area contributed by atoms with Crippen LogP contribution in [0.5, 0.6) is 0 Å². The lowest BCUT2D eigenvalue weighted by molar-refractivity contribution is -0.136. The number of amides is 1. The van der Waals surface area contributed by atoms with Crippen LogP contribution in [0.3, 0.4) is 0 Å². The Bertz CT molecular complexity index is 429. The highest BCUT2D eigenvalue weighted by Crippen LogP contribution is 2.17. The number of likely N-dealkylation sites (tertiary alicyclic amines) is 1. The van der Waals surface area contributed by atoms with Crippen LogP contribution in [0.15, 0.2) is 12.5 Å². The van der Waals surface area contributed by atoms with Gasteiger partial charge in [-0.25, -0.2) is 4.98 Å². The zero-order chi connectivity index (χ0) is 13.8. The summed E-state index contributed by atoms with van der Waals surface area (Å²) in [7, 11) is 1.96. The molecule has 1 amide bonds. The number of imidazole rings is 1. The molecule has 1 fully saturated rings. The molecule has 0 radical (unpaired) electrons. The van der Waals surface area contributed by atoms with Gasteiger partial charge in [-0.2, -0.15) is 0 Å². The van der Waals surface area contributed by atoms with E-state index in [4.69, 9.17) is 0 Å². The number of nitrogens with zero attached hydrogens (tertiary/aromatic N) is 3. The van der Waals surface area contributed by atoms with E-state index in [9.17, 15) is 4.79 Å². The molecule has 106 valence electrons. The van der Waals surface area contributed by atoms with Gasteiger partial charge in [-0.15, -0.1) is 0 Å². The highest BCUT2D eigenvalue weighted by molar-refractivity contribution is 5.81. The Kier molecular flexibility index (Phi) is 4.58. The Morgan fingerprint density at radius 1 is 1.58 bits per heavy atom. The van der Waals surface area contributed by atoms with Crippen LogP contribution in [0.1, 0.15) is 38.8 Å². The second kappa shape index (κ2) is 6.19. The second-order valence-electron chi connectivity index (χ2n) is 5.47. The highest BCUT2D eigenvalue weighted by Gasteiger charge is 2.26. The largest absolute Gasteiger partial charge is 0.339 e. The van der Waals surface area contributed by atoms with E-state index in [0.29, 0.717) is 12.6 Å². The van der Waals surface area contributed by atoms with E-state index in [2.05, 4.69) is 17.2 Å². The molecule has 0 unspecified atom stereocenters. The van der Waals surface area contributed by atoms with Crippen LogP contribution in [-0.4, -0.2) is 39.0 Å². The molecule has 1 aliphatic rings. The maximum absolute atomic E-state index is 12.4. The van der Waals surface area contributed by atoms with E-state index in [-0.39, 0.29) is 11.9 Å². The van der Waals surface area contributed by atoms with Crippen LogP contribution in [0, 0.1) is 0 Å². The summed E-state index contributed by atoms with van der Waals surface area (Å²) in [4.78, 5) is 18.5. The van der Waals surface area contributed by atoms with Crippen molar-refractivity contribution in [3.05, 3.63) is 18.2 Å². The average molecular weight is 264 g/mol. The van der Waals surface area contributed by atoms with Crippen molar-refractivity contribution in [1.82, 2.24) is 19.8 Å². The Morgan fingerprint density at radius 2 is 2.37 bits per heavy atom. The molecule has 1 saturated heterocycles. The highest BCUT2D eigenvalue weighted by atomic mass is 16.2. The Morgan fingerprint density at radius 3 is 3.00 bits per heavy atom. The molecule has 5 heteroatoms. The van der Waals surface area contributed by atoms with Crippen LogP contribution in [0.2, 0.25) is 0 Å². The summed E-state index contributed by atoms with van der Waals surface area (Å²) < 4.78 is 1.97. The van der Waals surface area contributed by atoms with E-state index in [0.717, 1.165) is 25.1 Å². The molecule has 0 spiro atoms. The van der Waals surface area contributed by atoms with E-state index in [1.807, 2.05) is 29.6 Å². The number of aryl methyl sites for hydroxylation is 1. The third kappa shape index (κ3) is 3.35. The van der Waals surface area contributed by atoms with E-state index in [1.165, 1.54) is 6.42 Å². The first-order valence-corrected chi connectivity index (χ1v) is 7.08. The molecule has 2 heterocycles. The molecule has 1 aliphatic heterocycles. The SMILES string of the molecule is C[C@H](NCc1cncn1C)C(=O)N1CCCC[C@@H]1C. The maximum Gasteiger partial charge on any atom is 0.239 e. The fraction of sp³-hybridized carbons (Fsp3) is 0.714. The monoisotopic (exact) mass is 264 g/mol. The van der Waals surface area contributed by atoms with Gasteiger partial charge in [0.25, 0.3) is 0 Å². The van der Waals surface area contributed by atoms with E-state index < -0.39 is 0 Å². The molecule has 1 N–H and O–H groups in total. The predicted octanol–water partition coefficient (Wildman–Crippen LogP) is 1.30. The van der Waals surface area contributed by atoms with Crippen molar-refractivity contribution in [2.45, 2.75) is 51.7 Å². The Labute approximate surface area is 115 Å². The molecule has 0 bridgehead atoms. The standard InChI is InChI=1S/C14H24N4O/c1-11-6-4-5-7-18(11)14(19)12(2)16-9-13-8-15-10-17(13)3/h8,10-12,16H,4-7,9H2,1-3H3/t11-,12-/m0/s1. The van der Waals surface area contributed by atoms with Gasteiger partial charge in [0.15, 0.2) is 0 Å². The number of nitrogens with one attached hydrogen (secondary N) is 1. The lowest BCUT2D eigenvalue weighted by atomic mass is 10.0. The van der Waals surface area contributed by atoms with E-state index in [1.54, 1.807) is 6.33 Å². The molecule has 0 aliphatic carbocycles. The molecule has 0 aromatic carbocycles. The van der Waals surface area contributed by atoms with Crippen molar-refractivity contribution in [1.29, 1.82) is 0 Å². The van der Waals surface area contributed by atoms with Crippen LogP contribution in [0.25, 0.3) is 0 Å². The lowest BCUT2D eigenvalue weighted by Gasteiger charge is -2.35. The van der Waals surface area contributed by atoms with Crippen LogP contribution in [-0.2, 0) is 18.4 Å². The van der Waals surface area contributed by atoms with Crippen molar-refractivity contribution < 1.29 is 4.79 Å². The summed E-state index contributed by atoms with van der Waals surface area (Å²) in [5, 5.41) is 3.29. The van der Waals surface area contributed by atoms with Crippen molar-refractivity contribution in [3.63, 3.8) is 0 Å². The van der Waals surface area contributed by atoms with Crippen molar-refractivity contribution in [3.8, 4) is 0 Å². The first-order valence-electron chi connectivity index (χ1n) is 7.08. The minimum atomic E-state index is -0.143. The Hall–Kier alpha value is -1.36. The van der Waals surface area contributed by atoms with Gasteiger partial charge in [0.1, 0.15) is 0 Å². The number of piperidine rings is 1. The van der Waals surface area contributed by atoms with Crippen LogP contribution >= 0.6 is 0 Å². The molecule has 0 saturated carbocycles. The van der Waals surface area contributed by atoms with Gasteiger partial charge in [-0.3, -0.25) is 4.79 Å². The first kappa shape index (κ1) is 14.1. The average Bonchev–Trinajstić information content (AvgIpc) is 2.81. The topological polar surface area (TPSA) is 50.2 Å². The summed E-state index contributed by atoms with van der Waals surface area (Å²) in [5.74, 6) is 0.217. The zero-order valence-electron chi connectivity index (χ0n) is 12.1. The van der Waals surface area contributed by atoms with Gasteiger partial charge < -0.3 is 14.8 Å². The number of carbonyl (C=O) groups excluding carboxylic acids is 1. The van der Waals surface area contributed by atoms with Crippen LogP contribution in [0.4, 0.5) is 0 Å². The lowest BCUT2D eigenvalue weighted by Crippen LogP contribution is -2.50. The number of hydrogen-bond donors (Lipinski definition) is 1. The summed E-state index contributed by atoms with van der Waals surface area (Å²) in [6.45, 7) is 5.66. The normalized spacial score (nSPS) is 21.4. The predicted molar refractivity (Wildman–Crippen MR) is 74.5 cm³/mol. The van der Waals surface area contributed by atoms with Crippen molar-refractivity contribution in [2.24, 2.45) is 7.05 Å². The molecule has 1 aromatic heterocycles. The number of rotatable bonds is 4. The zero-order valence-corrected chi connectivity index (χ0v) is 12.1. The van der Waals surface area contributed by atoms with Gasteiger partial charge in [0.2, 0.25) is 5.91 Å². The minimum absolute atomic E-state index is 0.143. The molecule has 2 rings (SSSR count). The second-order valence-corrected chi connectivity index (χ2v) is 5.47. The molecule has 19 heavy (non-hydrogen) atoms. The third-order valence-electron chi connectivity index (χ3n) is 3.96. The van der Waals surface area contributed by atoms with Gasteiger partial charge in [0.05, 0.1) is 18.1 Å². The van der Waals surface area contributed by atoms with Gasteiger partial charge in [0, 0.05) is 32.4 Å². The number of aromatic nitrogens is 2. The van der Waals surface area contributed by atoms with Gasteiger partial charge in [-0.05, 0) is 33.1 Å². The molecular weight excluding hydrogens is 240 g/mol. The van der Waals surface area contributed by atoms with Crippen molar-refractivity contribution >= 4 is 5.91 Å². The quantitative estimate of drug-likeness (QED) is 0.892. The van der Waals surface area contributed by atoms with Crippen molar-refractivity contribution in [2.75, 3.05) is 6.54 Å². The molecule has 2 atom stereocenters. The van der Waals surface area contributed by atoms with Crippen LogP contribution < -0.4 is 5.32 Å². The summed E-state index contributed by atoms with van der Waals surface area (Å²) >= 11 is 0. The maximum atomic E-state index is 12.4. The van der Waals surface area contributed by atoms with Gasteiger partial charge >= 0.3 is 0 Å². The molecular formula is C14H24N4O.